The highest BCUT2D eigenvalue weighted by molar-refractivity contribution is 5.55. The lowest BCUT2D eigenvalue weighted by atomic mass is 10.2. The Hall–Kier alpha value is -2.66. The molecule has 0 bridgehead atoms. The topological polar surface area (TPSA) is 38.5 Å². The Labute approximate surface area is 152 Å². The summed E-state index contributed by atoms with van der Waals surface area (Å²) in [6, 6.07) is 15.0. The number of aromatic nitrogens is 1. The van der Waals surface area contributed by atoms with Gasteiger partial charge in [0.1, 0.15) is 11.6 Å². The Bertz CT molecular complexity index is 854. The molecule has 1 fully saturated rings. The van der Waals surface area contributed by atoms with Crippen LogP contribution in [-0.4, -0.2) is 23.0 Å². The molecule has 1 heterocycles. The third-order valence-corrected chi connectivity index (χ3v) is 4.63. The number of ether oxygens (including phenoxy) is 1. The lowest BCUT2D eigenvalue weighted by Gasteiger charge is -2.20. The SMILES string of the molecule is COc1ccc(CN(Cc2ncc(-c3ccc(F)cc3)o2)C2CC2)cc1. The van der Waals surface area contributed by atoms with Gasteiger partial charge in [-0.15, -0.1) is 0 Å². The summed E-state index contributed by atoms with van der Waals surface area (Å²) in [5, 5.41) is 0. The molecule has 1 saturated carbocycles. The number of benzene rings is 2. The maximum atomic E-state index is 13.1. The van der Waals surface area contributed by atoms with Crippen LogP contribution < -0.4 is 4.74 Å². The summed E-state index contributed by atoms with van der Waals surface area (Å²) >= 11 is 0. The molecule has 26 heavy (non-hydrogen) atoms. The minimum Gasteiger partial charge on any atom is -0.497 e. The predicted molar refractivity (Wildman–Crippen MR) is 97.2 cm³/mol. The van der Waals surface area contributed by atoms with Gasteiger partial charge in [0, 0.05) is 18.2 Å². The molecule has 134 valence electrons. The van der Waals surface area contributed by atoms with Gasteiger partial charge in [-0.1, -0.05) is 12.1 Å². The summed E-state index contributed by atoms with van der Waals surface area (Å²) in [5.74, 6) is 1.96. The van der Waals surface area contributed by atoms with Gasteiger partial charge in [-0.25, -0.2) is 9.37 Å². The summed E-state index contributed by atoms with van der Waals surface area (Å²) in [7, 11) is 1.67. The first kappa shape index (κ1) is 16.8. The normalized spacial score (nSPS) is 14.0. The molecule has 0 radical (unpaired) electrons. The lowest BCUT2D eigenvalue weighted by molar-refractivity contribution is 0.221. The molecule has 0 saturated heterocycles. The Morgan fingerprint density at radius 1 is 1.08 bits per heavy atom. The van der Waals surface area contributed by atoms with Gasteiger partial charge in [0.15, 0.2) is 5.76 Å². The van der Waals surface area contributed by atoms with E-state index in [1.807, 2.05) is 12.1 Å². The summed E-state index contributed by atoms with van der Waals surface area (Å²) in [6.07, 6.45) is 4.13. The van der Waals surface area contributed by atoms with Crippen LogP contribution in [0.1, 0.15) is 24.3 Å². The summed E-state index contributed by atoms with van der Waals surface area (Å²) in [6.45, 7) is 1.51. The molecule has 4 rings (SSSR count). The van der Waals surface area contributed by atoms with E-state index in [2.05, 4.69) is 22.0 Å². The highest BCUT2D eigenvalue weighted by atomic mass is 19.1. The van der Waals surface area contributed by atoms with Gasteiger partial charge in [-0.2, -0.15) is 0 Å². The van der Waals surface area contributed by atoms with Crippen LogP contribution in [0.5, 0.6) is 5.75 Å². The average molecular weight is 352 g/mol. The van der Waals surface area contributed by atoms with E-state index >= 15 is 0 Å². The zero-order valence-electron chi connectivity index (χ0n) is 14.7. The van der Waals surface area contributed by atoms with Crippen LogP contribution in [0.4, 0.5) is 4.39 Å². The summed E-state index contributed by atoms with van der Waals surface area (Å²) in [4.78, 5) is 6.80. The maximum Gasteiger partial charge on any atom is 0.209 e. The predicted octanol–water partition coefficient (Wildman–Crippen LogP) is 4.65. The van der Waals surface area contributed by atoms with Crippen molar-refractivity contribution in [2.45, 2.75) is 32.0 Å². The number of methoxy groups -OCH3 is 1. The van der Waals surface area contributed by atoms with E-state index in [0.717, 1.165) is 17.9 Å². The molecule has 0 unspecified atom stereocenters. The second kappa shape index (κ2) is 7.30. The van der Waals surface area contributed by atoms with Crippen molar-refractivity contribution in [1.82, 2.24) is 9.88 Å². The Kier molecular flexibility index (Phi) is 4.71. The van der Waals surface area contributed by atoms with Gasteiger partial charge in [-0.3, -0.25) is 4.90 Å². The Morgan fingerprint density at radius 2 is 1.81 bits per heavy atom. The molecule has 2 aromatic carbocycles. The summed E-state index contributed by atoms with van der Waals surface area (Å²) < 4.78 is 24.2. The molecule has 0 atom stereocenters. The summed E-state index contributed by atoms with van der Waals surface area (Å²) in [5.41, 5.74) is 2.07. The molecule has 1 aliphatic carbocycles. The van der Waals surface area contributed by atoms with Crippen molar-refractivity contribution in [1.29, 1.82) is 0 Å². The van der Waals surface area contributed by atoms with Crippen LogP contribution >= 0.6 is 0 Å². The average Bonchev–Trinajstić information content (AvgIpc) is 3.42. The lowest BCUT2D eigenvalue weighted by Crippen LogP contribution is -2.25. The van der Waals surface area contributed by atoms with Crippen molar-refractivity contribution in [3.63, 3.8) is 0 Å². The van der Waals surface area contributed by atoms with Crippen LogP contribution in [0.3, 0.4) is 0 Å². The zero-order valence-corrected chi connectivity index (χ0v) is 14.7. The van der Waals surface area contributed by atoms with Gasteiger partial charge in [0.25, 0.3) is 0 Å². The minimum atomic E-state index is -0.257. The van der Waals surface area contributed by atoms with Crippen LogP contribution in [0.25, 0.3) is 11.3 Å². The highest BCUT2D eigenvalue weighted by Crippen LogP contribution is 2.31. The standard InChI is InChI=1S/C21H21FN2O2/c1-25-19-10-2-15(3-11-19)13-24(18-8-9-18)14-21-23-12-20(26-21)16-4-6-17(22)7-5-16/h2-7,10-12,18H,8-9,13-14H2,1H3. The van der Waals surface area contributed by atoms with Crippen molar-refractivity contribution in [3.8, 4) is 17.1 Å². The van der Waals surface area contributed by atoms with Gasteiger partial charge < -0.3 is 9.15 Å². The minimum absolute atomic E-state index is 0.257. The Balaban J connectivity index is 1.46. The monoisotopic (exact) mass is 352 g/mol. The van der Waals surface area contributed by atoms with E-state index in [0.29, 0.717) is 24.2 Å². The maximum absolute atomic E-state index is 13.1. The molecule has 3 aromatic rings. The zero-order chi connectivity index (χ0) is 17.9. The molecule has 0 N–H and O–H groups in total. The van der Waals surface area contributed by atoms with E-state index in [-0.39, 0.29) is 5.82 Å². The Morgan fingerprint density at radius 3 is 2.46 bits per heavy atom. The van der Waals surface area contributed by atoms with Crippen molar-refractivity contribution in [2.24, 2.45) is 0 Å². The third kappa shape index (κ3) is 3.94. The molecule has 1 aromatic heterocycles. The fraction of sp³-hybridized carbons (Fsp3) is 0.286. The van der Waals surface area contributed by atoms with Gasteiger partial charge in [0.05, 0.1) is 19.9 Å². The van der Waals surface area contributed by atoms with Crippen molar-refractivity contribution < 1.29 is 13.5 Å². The molecule has 1 aliphatic rings. The quantitative estimate of drug-likeness (QED) is 0.620. The fourth-order valence-corrected chi connectivity index (χ4v) is 3.02. The van der Waals surface area contributed by atoms with E-state index in [4.69, 9.17) is 9.15 Å². The van der Waals surface area contributed by atoms with E-state index in [1.165, 1.54) is 30.5 Å². The van der Waals surface area contributed by atoms with Crippen molar-refractivity contribution >= 4 is 0 Å². The number of oxazole rings is 1. The molecule has 0 amide bonds. The molecule has 0 spiro atoms. The first-order valence-electron chi connectivity index (χ1n) is 8.79. The number of hydrogen-bond donors (Lipinski definition) is 0. The smallest absolute Gasteiger partial charge is 0.209 e. The van der Waals surface area contributed by atoms with E-state index in [1.54, 1.807) is 25.4 Å². The molecule has 4 nitrogen and oxygen atoms in total. The second-order valence-electron chi connectivity index (χ2n) is 6.61. The highest BCUT2D eigenvalue weighted by Gasteiger charge is 2.30. The number of nitrogens with zero attached hydrogens (tertiary/aromatic N) is 2. The van der Waals surface area contributed by atoms with Crippen molar-refractivity contribution in [3.05, 3.63) is 72.0 Å². The van der Waals surface area contributed by atoms with Crippen LogP contribution in [-0.2, 0) is 13.1 Å². The van der Waals surface area contributed by atoms with Gasteiger partial charge >= 0.3 is 0 Å². The first-order valence-corrected chi connectivity index (χ1v) is 8.79. The van der Waals surface area contributed by atoms with Crippen LogP contribution in [0, 0.1) is 5.82 Å². The molecule has 5 heteroatoms. The van der Waals surface area contributed by atoms with E-state index < -0.39 is 0 Å². The van der Waals surface area contributed by atoms with Gasteiger partial charge in [0.2, 0.25) is 5.89 Å². The number of halogens is 1. The van der Waals surface area contributed by atoms with Gasteiger partial charge in [-0.05, 0) is 54.8 Å². The second-order valence-corrected chi connectivity index (χ2v) is 6.61. The third-order valence-electron chi connectivity index (χ3n) is 4.63. The number of hydrogen-bond acceptors (Lipinski definition) is 4. The van der Waals surface area contributed by atoms with Crippen molar-refractivity contribution in [2.75, 3.05) is 7.11 Å². The van der Waals surface area contributed by atoms with E-state index in [9.17, 15) is 4.39 Å². The molecular formula is C21H21FN2O2. The molecular weight excluding hydrogens is 331 g/mol. The van der Waals surface area contributed by atoms with Crippen LogP contribution in [0.2, 0.25) is 0 Å². The fourth-order valence-electron chi connectivity index (χ4n) is 3.02. The first-order chi connectivity index (χ1) is 12.7. The van der Waals surface area contributed by atoms with Crippen LogP contribution in [0.15, 0.2) is 59.1 Å². The number of rotatable bonds is 7. The largest absolute Gasteiger partial charge is 0.497 e. The molecule has 0 aliphatic heterocycles.